The largest absolute Gasteiger partial charge is 0.468 e. The Balaban J connectivity index is 1.63. The van der Waals surface area contributed by atoms with Crippen LogP contribution >= 0.6 is 0 Å². The number of rotatable bonds is 6. The fourth-order valence-corrected chi connectivity index (χ4v) is 3.30. The van der Waals surface area contributed by atoms with E-state index in [0.717, 1.165) is 31.7 Å². The third-order valence-corrected chi connectivity index (χ3v) is 4.65. The van der Waals surface area contributed by atoms with Crippen LogP contribution in [-0.2, 0) is 6.54 Å². The molecule has 0 unspecified atom stereocenters. The Morgan fingerprint density at radius 3 is 2.52 bits per heavy atom. The van der Waals surface area contributed by atoms with Crippen molar-refractivity contribution in [2.24, 2.45) is 5.73 Å². The van der Waals surface area contributed by atoms with Gasteiger partial charge in [0.2, 0.25) is 0 Å². The van der Waals surface area contributed by atoms with Gasteiger partial charge >= 0.3 is 0 Å². The van der Waals surface area contributed by atoms with E-state index in [2.05, 4.69) is 47.4 Å². The summed E-state index contributed by atoms with van der Waals surface area (Å²) in [5.74, 6) is 1.04. The maximum absolute atomic E-state index is 6.06. The first-order valence-electron chi connectivity index (χ1n) is 8.55. The highest BCUT2D eigenvalue weighted by molar-refractivity contribution is 5.48. The van der Waals surface area contributed by atoms with Gasteiger partial charge in [0.25, 0.3) is 0 Å². The molecule has 1 aromatic heterocycles. The third-order valence-electron chi connectivity index (χ3n) is 4.65. The second kappa shape index (κ2) is 8.14. The Kier molecular flexibility index (Phi) is 5.67. The van der Waals surface area contributed by atoms with Crippen molar-refractivity contribution < 1.29 is 4.42 Å². The molecule has 3 rings (SSSR count). The van der Waals surface area contributed by atoms with Crippen LogP contribution in [0.3, 0.4) is 0 Å². The molecule has 1 fully saturated rings. The summed E-state index contributed by atoms with van der Waals surface area (Å²) in [6, 6.07) is 15.5. The van der Waals surface area contributed by atoms with Crippen molar-refractivity contribution in [3.63, 3.8) is 0 Å². The molecule has 1 aliphatic carbocycles. The highest BCUT2D eigenvalue weighted by Crippen LogP contribution is 2.24. The second-order valence-corrected chi connectivity index (χ2v) is 6.39. The summed E-state index contributed by atoms with van der Waals surface area (Å²) in [7, 11) is 0. The Morgan fingerprint density at radius 2 is 1.83 bits per heavy atom. The molecule has 1 heterocycles. The number of nitrogens with zero attached hydrogens (tertiary/aromatic N) is 1. The van der Waals surface area contributed by atoms with E-state index in [4.69, 9.17) is 10.2 Å². The van der Waals surface area contributed by atoms with Crippen LogP contribution in [0.5, 0.6) is 0 Å². The standard InChI is InChI=1S/C20H26N2O/c21-18-10-12-19(13-11-18)22(16-20-9-5-15-23-20)14-4-8-17-6-2-1-3-7-17/h1-9,15,18-19H,10-14,16,21H2. The van der Waals surface area contributed by atoms with Crippen molar-refractivity contribution in [1.82, 2.24) is 4.90 Å². The van der Waals surface area contributed by atoms with E-state index < -0.39 is 0 Å². The van der Waals surface area contributed by atoms with Crippen LogP contribution in [0.15, 0.2) is 59.2 Å². The first kappa shape index (κ1) is 16.0. The lowest BCUT2D eigenvalue weighted by Crippen LogP contribution is -2.40. The van der Waals surface area contributed by atoms with Crippen molar-refractivity contribution >= 4 is 6.08 Å². The molecule has 0 amide bonds. The van der Waals surface area contributed by atoms with Gasteiger partial charge in [-0.15, -0.1) is 0 Å². The van der Waals surface area contributed by atoms with Crippen LogP contribution in [0.2, 0.25) is 0 Å². The van der Waals surface area contributed by atoms with Gasteiger partial charge in [-0.05, 0) is 43.4 Å². The van der Waals surface area contributed by atoms with E-state index in [0.29, 0.717) is 12.1 Å². The number of benzene rings is 1. The lowest BCUT2D eigenvalue weighted by atomic mass is 9.90. The Morgan fingerprint density at radius 1 is 1.04 bits per heavy atom. The molecule has 0 saturated heterocycles. The zero-order valence-corrected chi connectivity index (χ0v) is 13.6. The summed E-state index contributed by atoms with van der Waals surface area (Å²) in [5, 5.41) is 0. The average Bonchev–Trinajstić information content (AvgIpc) is 3.09. The van der Waals surface area contributed by atoms with Crippen molar-refractivity contribution in [1.29, 1.82) is 0 Å². The third kappa shape index (κ3) is 4.81. The number of hydrogen-bond donors (Lipinski definition) is 1. The van der Waals surface area contributed by atoms with Gasteiger partial charge in [-0.2, -0.15) is 0 Å². The first-order valence-corrected chi connectivity index (χ1v) is 8.55. The van der Waals surface area contributed by atoms with Crippen molar-refractivity contribution in [3.05, 3.63) is 66.1 Å². The van der Waals surface area contributed by atoms with Gasteiger partial charge in [-0.25, -0.2) is 0 Å². The highest BCUT2D eigenvalue weighted by Gasteiger charge is 2.24. The molecule has 1 aliphatic rings. The Bertz CT molecular complexity index is 583. The molecular formula is C20H26N2O. The summed E-state index contributed by atoms with van der Waals surface area (Å²) in [6.45, 7) is 1.81. The molecule has 1 aromatic carbocycles. The average molecular weight is 310 g/mol. The summed E-state index contributed by atoms with van der Waals surface area (Å²) in [5.41, 5.74) is 7.30. The van der Waals surface area contributed by atoms with Crippen LogP contribution in [0.4, 0.5) is 0 Å². The topological polar surface area (TPSA) is 42.4 Å². The Labute approximate surface area is 138 Å². The quantitative estimate of drug-likeness (QED) is 0.874. The van der Waals surface area contributed by atoms with Gasteiger partial charge in [0.1, 0.15) is 5.76 Å². The zero-order valence-electron chi connectivity index (χ0n) is 13.6. The van der Waals surface area contributed by atoms with Crippen LogP contribution in [-0.4, -0.2) is 23.5 Å². The maximum atomic E-state index is 6.06. The van der Waals surface area contributed by atoms with E-state index in [9.17, 15) is 0 Å². The van der Waals surface area contributed by atoms with Gasteiger partial charge < -0.3 is 10.2 Å². The molecule has 3 heteroatoms. The van der Waals surface area contributed by atoms with Crippen molar-refractivity contribution in [2.75, 3.05) is 6.54 Å². The molecule has 122 valence electrons. The highest BCUT2D eigenvalue weighted by atomic mass is 16.3. The van der Waals surface area contributed by atoms with Crippen LogP contribution in [0.25, 0.3) is 6.08 Å². The molecule has 2 aromatic rings. The van der Waals surface area contributed by atoms with E-state index in [1.165, 1.54) is 18.4 Å². The van der Waals surface area contributed by atoms with E-state index in [1.807, 2.05) is 12.1 Å². The first-order chi connectivity index (χ1) is 11.3. The predicted octanol–water partition coefficient (Wildman–Crippen LogP) is 4.06. The predicted molar refractivity (Wildman–Crippen MR) is 94.8 cm³/mol. The van der Waals surface area contributed by atoms with Crippen molar-refractivity contribution in [3.8, 4) is 0 Å². The van der Waals surface area contributed by atoms with Crippen LogP contribution < -0.4 is 5.73 Å². The fraction of sp³-hybridized carbons (Fsp3) is 0.400. The molecule has 0 bridgehead atoms. The number of furan rings is 1. The molecule has 2 N–H and O–H groups in total. The summed E-state index contributed by atoms with van der Waals surface area (Å²) in [6.07, 6.45) is 10.8. The van der Waals surface area contributed by atoms with Gasteiger partial charge in [0.15, 0.2) is 0 Å². The molecular weight excluding hydrogens is 284 g/mol. The lowest BCUT2D eigenvalue weighted by molar-refractivity contribution is 0.148. The minimum atomic E-state index is 0.386. The van der Waals surface area contributed by atoms with Crippen LogP contribution in [0, 0.1) is 0 Å². The fourth-order valence-electron chi connectivity index (χ4n) is 3.30. The minimum Gasteiger partial charge on any atom is -0.468 e. The van der Waals surface area contributed by atoms with Gasteiger partial charge in [-0.1, -0.05) is 42.5 Å². The minimum absolute atomic E-state index is 0.386. The van der Waals surface area contributed by atoms with Gasteiger partial charge in [0, 0.05) is 18.6 Å². The molecule has 0 spiro atoms. The van der Waals surface area contributed by atoms with E-state index in [1.54, 1.807) is 6.26 Å². The normalized spacial score (nSPS) is 22.0. The molecule has 0 aliphatic heterocycles. The van der Waals surface area contributed by atoms with Gasteiger partial charge in [-0.3, -0.25) is 4.90 Å². The SMILES string of the molecule is NC1CCC(N(CC=Cc2ccccc2)Cc2ccco2)CC1. The molecule has 0 radical (unpaired) electrons. The second-order valence-electron chi connectivity index (χ2n) is 6.39. The molecule has 0 atom stereocenters. The van der Waals surface area contributed by atoms with E-state index >= 15 is 0 Å². The summed E-state index contributed by atoms with van der Waals surface area (Å²) >= 11 is 0. The Hall–Kier alpha value is -1.84. The number of hydrogen-bond acceptors (Lipinski definition) is 3. The maximum Gasteiger partial charge on any atom is 0.117 e. The van der Waals surface area contributed by atoms with E-state index in [-0.39, 0.29) is 0 Å². The van der Waals surface area contributed by atoms with Crippen LogP contribution in [0.1, 0.15) is 37.0 Å². The lowest BCUT2D eigenvalue weighted by Gasteiger charge is -2.35. The summed E-state index contributed by atoms with van der Waals surface area (Å²) < 4.78 is 5.55. The molecule has 1 saturated carbocycles. The zero-order chi connectivity index (χ0) is 15.9. The van der Waals surface area contributed by atoms with Gasteiger partial charge in [0.05, 0.1) is 12.8 Å². The molecule has 3 nitrogen and oxygen atoms in total. The molecule has 23 heavy (non-hydrogen) atoms. The number of nitrogens with two attached hydrogens (primary N) is 1. The van der Waals surface area contributed by atoms with Crippen molar-refractivity contribution in [2.45, 2.75) is 44.3 Å². The monoisotopic (exact) mass is 310 g/mol. The smallest absolute Gasteiger partial charge is 0.117 e. The summed E-state index contributed by atoms with van der Waals surface area (Å²) in [4.78, 5) is 2.52.